The van der Waals surface area contributed by atoms with Gasteiger partial charge in [-0.1, -0.05) is 13.8 Å². The highest BCUT2D eigenvalue weighted by Crippen LogP contribution is 2.51. The summed E-state index contributed by atoms with van der Waals surface area (Å²) < 4.78 is 0. The van der Waals surface area contributed by atoms with E-state index >= 15 is 0 Å². The average molecular weight is 232 g/mol. The molecule has 1 aromatic rings. The van der Waals surface area contributed by atoms with Gasteiger partial charge in [-0.15, -0.1) is 0 Å². The molecule has 0 unspecified atom stereocenters. The van der Waals surface area contributed by atoms with Crippen molar-refractivity contribution >= 4 is 5.69 Å². The number of hydrogen-bond donors (Lipinski definition) is 1. The molecule has 1 aromatic heterocycles. The van der Waals surface area contributed by atoms with Crippen LogP contribution in [0, 0.1) is 19.3 Å². The maximum Gasteiger partial charge on any atom is 0.0637 e. The lowest BCUT2D eigenvalue weighted by Gasteiger charge is -2.13. The SMILES string of the molecule is CC.Cc1cnc2c(c1C)NCC1(CC2)CC1. The zero-order valence-electron chi connectivity index (χ0n) is 11.6. The van der Waals surface area contributed by atoms with Crippen LogP contribution in [0.1, 0.15) is 49.9 Å². The van der Waals surface area contributed by atoms with Crippen LogP contribution < -0.4 is 5.32 Å². The number of rotatable bonds is 0. The van der Waals surface area contributed by atoms with Gasteiger partial charge in [-0.05, 0) is 56.1 Å². The Balaban J connectivity index is 0.000000514. The lowest BCUT2D eigenvalue weighted by molar-refractivity contribution is 0.501. The van der Waals surface area contributed by atoms with Gasteiger partial charge in [-0.25, -0.2) is 0 Å². The Bertz CT molecular complexity index is 406. The molecule has 1 aliphatic carbocycles. The highest BCUT2D eigenvalue weighted by atomic mass is 14.9. The van der Waals surface area contributed by atoms with Crippen LogP contribution in [0.2, 0.25) is 0 Å². The molecule has 0 saturated heterocycles. The molecule has 1 N–H and O–H groups in total. The second-order valence-corrected chi connectivity index (χ2v) is 5.24. The van der Waals surface area contributed by atoms with Crippen molar-refractivity contribution in [1.82, 2.24) is 4.98 Å². The lowest BCUT2D eigenvalue weighted by atomic mass is 10.0. The Morgan fingerprint density at radius 1 is 1.18 bits per heavy atom. The Kier molecular flexibility index (Phi) is 3.41. The van der Waals surface area contributed by atoms with E-state index in [1.807, 2.05) is 20.0 Å². The first-order chi connectivity index (χ1) is 8.20. The van der Waals surface area contributed by atoms with Gasteiger partial charge in [0, 0.05) is 12.7 Å². The van der Waals surface area contributed by atoms with Crippen LogP contribution >= 0.6 is 0 Å². The molecule has 0 aromatic carbocycles. The first-order valence-electron chi connectivity index (χ1n) is 6.89. The highest BCUT2D eigenvalue weighted by molar-refractivity contribution is 5.58. The van der Waals surface area contributed by atoms with Gasteiger partial charge in [0.15, 0.2) is 0 Å². The Morgan fingerprint density at radius 2 is 1.88 bits per heavy atom. The van der Waals surface area contributed by atoms with Gasteiger partial charge in [0.05, 0.1) is 11.4 Å². The molecular weight excluding hydrogens is 208 g/mol. The number of anilines is 1. The van der Waals surface area contributed by atoms with Crippen LogP contribution in [-0.2, 0) is 6.42 Å². The molecule has 2 nitrogen and oxygen atoms in total. The third-order valence-corrected chi connectivity index (χ3v) is 4.16. The molecule has 2 heterocycles. The van der Waals surface area contributed by atoms with Crippen molar-refractivity contribution in [2.45, 2.75) is 53.4 Å². The quantitative estimate of drug-likeness (QED) is 0.734. The van der Waals surface area contributed by atoms with Gasteiger partial charge in [0.1, 0.15) is 0 Å². The van der Waals surface area contributed by atoms with E-state index in [0.717, 1.165) is 13.0 Å². The third-order valence-electron chi connectivity index (χ3n) is 4.16. The van der Waals surface area contributed by atoms with Crippen molar-refractivity contribution in [2.75, 3.05) is 11.9 Å². The Hall–Kier alpha value is -1.05. The molecule has 0 radical (unpaired) electrons. The van der Waals surface area contributed by atoms with Gasteiger partial charge < -0.3 is 5.32 Å². The van der Waals surface area contributed by atoms with Crippen molar-refractivity contribution < 1.29 is 0 Å². The number of fused-ring (bicyclic) bond motifs is 1. The van der Waals surface area contributed by atoms with Gasteiger partial charge >= 0.3 is 0 Å². The molecule has 0 bridgehead atoms. The van der Waals surface area contributed by atoms with Crippen LogP contribution in [0.5, 0.6) is 0 Å². The molecule has 2 aliphatic rings. The van der Waals surface area contributed by atoms with E-state index in [4.69, 9.17) is 0 Å². The summed E-state index contributed by atoms with van der Waals surface area (Å²) >= 11 is 0. The molecule has 0 amide bonds. The maximum absolute atomic E-state index is 4.57. The second-order valence-electron chi connectivity index (χ2n) is 5.24. The third kappa shape index (κ3) is 2.31. The van der Waals surface area contributed by atoms with Gasteiger partial charge in [0.25, 0.3) is 0 Å². The van der Waals surface area contributed by atoms with Crippen LogP contribution in [0.15, 0.2) is 6.20 Å². The predicted octanol–water partition coefficient (Wildman–Crippen LogP) is 3.86. The minimum atomic E-state index is 0.626. The van der Waals surface area contributed by atoms with Gasteiger partial charge in [-0.2, -0.15) is 0 Å². The van der Waals surface area contributed by atoms with Gasteiger partial charge in [0.2, 0.25) is 0 Å². The van der Waals surface area contributed by atoms with Crippen LogP contribution in [0.25, 0.3) is 0 Å². The zero-order chi connectivity index (χ0) is 12.5. The fourth-order valence-electron chi connectivity index (χ4n) is 2.53. The second kappa shape index (κ2) is 4.67. The highest BCUT2D eigenvalue weighted by Gasteiger charge is 2.43. The van der Waals surface area contributed by atoms with Crippen molar-refractivity contribution in [3.05, 3.63) is 23.0 Å². The summed E-state index contributed by atoms with van der Waals surface area (Å²) in [4.78, 5) is 4.57. The number of aryl methyl sites for hydroxylation is 2. The summed E-state index contributed by atoms with van der Waals surface area (Å²) in [5.74, 6) is 0. The molecule has 1 spiro atoms. The number of pyridine rings is 1. The molecule has 2 heteroatoms. The number of nitrogens with one attached hydrogen (secondary N) is 1. The summed E-state index contributed by atoms with van der Waals surface area (Å²) in [7, 11) is 0. The monoisotopic (exact) mass is 232 g/mol. The lowest BCUT2D eigenvalue weighted by Crippen LogP contribution is -2.13. The smallest absolute Gasteiger partial charge is 0.0637 e. The molecule has 3 rings (SSSR count). The summed E-state index contributed by atoms with van der Waals surface area (Å²) in [6, 6.07) is 0. The van der Waals surface area contributed by atoms with Crippen molar-refractivity contribution in [1.29, 1.82) is 0 Å². The Labute approximate surface area is 105 Å². The van der Waals surface area contributed by atoms with E-state index in [1.165, 1.54) is 41.8 Å². The normalized spacial score (nSPS) is 19.5. The number of nitrogens with zero attached hydrogens (tertiary/aromatic N) is 1. The number of aromatic nitrogens is 1. The molecule has 1 saturated carbocycles. The topological polar surface area (TPSA) is 24.9 Å². The van der Waals surface area contributed by atoms with Crippen LogP contribution in [-0.4, -0.2) is 11.5 Å². The zero-order valence-corrected chi connectivity index (χ0v) is 11.6. The summed E-state index contributed by atoms with van der Waals surface area (Å²) in [6.07, 6.45) is 7.31. The van der Waals surface area contributed by atoms with Crippen LogP contribution in [0.3, 0.4) is 0 Å². The first kappa shape index (κ1) is 12.4. The molecule has 1 aliphatic heterocycles. The van der Waals surface area contributed by atoms with Crippen molar-refractivity contribution in [2.24, 2.45) is 5.41 Å². The van der Waals surface area contributed by atoms with Gasteiger partial charge in [-0.3, -0.25) is 4.98 Å². The molecular formula is C15H24N2. The maximum atomic E-state index is 4.57. The van der Waals surface area contributed by atoms with Crippen LogP contribution in [0.4, 0.5) is 5.69 Å². The average Bonchev–Trinajstić information content (AvgIpc) is 3.15. The largest absolute Gasteiger partial charge is 0.383 e. The van der Waals surface area contributed by atoms with E-state index in [-0.39, 0.29) is 0 Å². The molecule has 1 fully saturated rings. The summed E-state index contributed by atoms with van der Waals surface area (Å²) in [5, 5.41) is 3.62. The van der Waals surface area contributed by atoms with E-state index in [2.05, 4.69) is 24.1 Å². The summed E-state index contributed by atoms with van der Waals surface area (Å²) in [5.41, 5.74) is 5.91. The predicted molar refractivity (Wildman–Crippen MR) is 73.5 cm³/mol. The van der Waals surface area contributed by atoms with E-state index in [1.54, 1.807) is 0 Å². The minimum absolute atomic E-state index is 0.626. The minimum Gasteiger partial charge on any atom is -0.383 e. The fourth-order valence-corrected chi connectivity index (χ4v) is 2.53. The summed E-state index contributed by atoms with van der Waals surface area (Å²) in [6.45, 7) is 9.50. The van der Waals surface area contributed by atoms with Crippen molar-refractivity contribution in [3.8, 4) is 0 Å². The van der Waals surface area contributed by atoms with E-state index in [0.29, 0.717) is 5.41 Å². The first-order valence-corrected chi connectivity index (χ1v) is 6.89. The molecule has 17 heavy (non-hydrogen) atoms. The molecule has 94 valence electrons. The van der Waals surface area contributed by atoms with E-state index in [9.17, 15) is 0 Å². The molecule has 0 atom stereocenters. The van der Waals surface area contributed by atoms with Crippen molar-refractivity contribution in [3.63, 3.8) is 0 Å². The number of hydrogen-bond acceptors (Lipinski definition) is 2. The Morgan fingerprint density at radius 3 is 2.53 bits per heavy atom. The fraction of sp³-hybridized carbons (Fsp3) is 0.667. The van der Waals surface area contributed by atoms with E-state index < -0.39 is 0 Å². The standard InChI is InChI=1S/C13H18N2.C2H6/c1-9-7-14-11-3-4-13(5-6-13)8-15-12(11)10(9)2;1-2/h7,15H,3-6,8H2,1-2H3;1-2H3.